The zero-order valence-corrected chi connectivity index (χ0v) is 18.6. The van der Waals surface area contributed by atoms with E-state index < -0.39 is 27.2 Å². The van der Waals surface area contributed by atoms with Crippen molar-refractivity contribution >= 4 is 21.4 Å². The van der Waals surface area contributed by atoms with Gasteiger partial charge in [-0.25, -0.2) is 17.2 Å². The number of phenolic OH excluding ortho intramolecular Hbond substituents is 1. The fraction of sp³-hybridized carbons (Fsp3) is 0.208. The summed E-state index contributed by atoms with van der Waals surface area (Å²) < 4.78 is 51.7. The third kappa shape index (κ3) is 4.68. The van der Waals surface area contributed by atoms with Crippen LogP contribution in [0.25, 0.3) is 11.1 Å². The molecule has 6 nitrogen and oxygen atoms in total. The molecule has 0 saturated carbocycles. The molecule has 0 aliphatic carbocycles. The Balaban J connectivity index is 1.61. The third-order valence-electron chi connectivity index (χ3n) is 5.67. The Hall–Kier alpha value is -3.46. The zero-order valence-electron chi connectivity index (χ0n) is 17.8. The first-order valence-corrected chi connectivity index (χ1v) is 12.2. The van der Waals surface area contributed by atoms with Crippen molar-refractivity contribution in [3.8, 4) is 16.9 Å². The normalized spacial score (nSPS) is 14.4. The molecular weight excluding hydrogens is 450 g/mol. The quantitative estimate of drug-likeness (QED) is 0.627. The lowest BCUT2D eigenvalue weighted by Gasteiger charge is -2.36. The van der Waals surface area contributed by atoms with E-state index in [1.165, 1.54) is 12.1 Å². The first-order chi connectivity index (χ1) is 15.6. The number of aromatic hydroxyl groups is 1. The van der Waals surface area contributed by atoms with E-state index in [1.54, 1.807) is 15.9 Å². The summed E-state index contributed by atoms with van der Waals surface area (Å²) in [5.74, 6) is -3.43. The van der Waals surface area contributed by atoms with E-state index in [2.05, 4.69) is 0 Å². The van der Waals surface area contributed by atoms with Gasteiger partial charge in [-0.05, 0) is 23.3 Å². The van der Waals surface area contributed by atoms with Gasteiger partial charge in [0.05, 0.1) is 4.90 Å². The number of halogens is 2. The Morgan fingerprint density at radius 3 is 2.09 bits per heavy atom. The van der Waals surface area contributed by atoms with E-state index in [9.17, 15) is 27.1 Å². The van der Waals surface area contributed by atoms with Crippen molar-refractivity contribution in [2.75, 3.05) is 37.3 Å². The van der Waals surface area contributed by atoms with Gasteiger partial charge in [-0.3, -0.25) is 4.79 Å². The summed E-state index contributed by atoms with van der Waals surface area (Å²) in [7, 11) is -3.52. The van der Waals surface area contributed by atoms with Gasteiger partial charge in [0, 0.05) is 55.8 Å². The Kier molecular flexibility index (Phi) is 6.07. The van der Waals surface area contributed by atoms with Crippen LogP contribution in [0.5, 0.6) is 5.75 Å². The molecule has 4 rings (SSSR count). The molecule has 1 aliphatic heterocycles. The van der Waals surface area contributed by atoms with Crippen molar-refractivity contribution in [1.82, 2.24) is 4.90 Å². The first-order valence-electron chi connectivity index (χ1n) is 10.3. The van der Waals surface area contributed by atoms with Crippen LogP contribution in [0.2, 0.25) is 0 Å². The lowest BCUT2D eigenvalue weighted by molar-refractivity contribution is 0.0747. The second-order valence-electron chi connectivity index (χ2n) is 7.88. The fourth-order valence-corrected chi connectivity index (χ4v) is 4.52. The van der Waals surface area contributed by atoms with Crippen LogP contribution in [0.1, 0.15) is 10.4 Å². The molecule has 33 heavy (non-hydrogen) atoms. The van der Waals surface area contributed by atoms with Crippen LogP contribution in [0.3, 0.4) is 0 Å². The lowest BCUT2D eigenvalue weighted by Crippen LogP contribution is -2.49. The molecule has 1 heterocycles. The monoisotopic (exact) mass is 472 g/mol. The largest absolute Gasteiger partial charge is 0.503 e. The molecule has 0 spiro atoms. The molecule has 0 bridgehead atoms. The highest BCUT2D eigenvalue weighted by Gasteiger charge is 2.26. The minimum atomic E-state index is -3.52. The summed E-state index contributed by atoms with van der Waals surface area (Å²) in [6, 6.07) is 15.8. The predicted octanol–water partition coefficient (Wildman–Crippen LogP) is 3.70. The molecule has 0 atom stereocenters. The minimum Gasteiger partial charge on any atom is -0.503 e. The number of hydrogen-bond donors (Lipinski definition) is 1. The lowest BCUT2D eigenvalue weighted by atomic mass is 9.98. The Bertz CT molecular complexity index is 1280. The van der Waals surface area contributed by atoms with Gasteiger partial charge in [-0.15, -0.1) is 0 Å². The van der Waals surface area contributed by atoms with Crippen LogP contribution >= 0.6 is 0 Å². The van der Waals surface area contributed by atoms with Gasteiger partial charge < -0.3 is 14.9 Å². The summed E-state index contributed by atoms with van der Waals surface area (Å²) in [5.41, 5.74) is 1.96. The summed E-state index contributed by atoms with van der Waals surface area (Å²) in [5, 5.41) is 9.31. The molecule has 1 saturated heterocycles. The number of phenols is 1. The van der Waals surface area contributed by atoms with Crippen molar-refractivity contribution in [3.05, 3.63) is 77.9 Å². The maximum absolute atomic E-state index is 13.7. The molecule has 1 N–H and O–H groups in total. The van der Waals surface area contributed by atoms with Crippen molar-refractivity contribution in [2.45, 2.75) is 4.90 Å². The number of anilines is 1. The second kappa shape index (κ2) is 8.82. The summed E-state index contributed by atoms with van der Waals surface area (Å²) in [6.07, 6.45) is 1.09. The van der Waals surface area contributed by atoms with Crippen molar-refractivity contribution < 1.29 is 27.1 Å². The number of nitrogens with zero attached hydrogens (tertiary/aromatic N) is 2. The highest BCUT2D eigenvalue weighted by atomic mass is 32.2. The maximum atomic E-state index is 13.7. The van der Waals surface area contributed by atoms with Crippen LogP contribution in [0.15, 0.2) is 65.6 Å². The van der Waals surface area contributed by atoms with E-state index in [1.807, 2.05) is 30.3 Å². The molecule has 3 aromatic rings. The van der Waals surface area contributed by atoms with Crippen molar-refractivity contribution in [3.63, 3.8) is 0 Å². The van der Waals surface area contributed by atoms with Gasteiger partial charge in [-0.1, -0.05) is 36.4 Å². The van der Waals surface area contributed by atoms with Crippen LogP contribution in [0.4, 0.5) is 14.5 Å². The van der Waals surface area contributed by atoms with E-state index in [0.29, 0.717) is 18.7 Å². The topological polar surface area (TPSA) is 77.9 Å². The highest BCUT2D eigenvalue weighted by Crippen LogP contribution is 2.30. The molecule has 0 aromatic heterocycles. The Morgan fingerprint density at radius 1 is 0.909 bits per heavy atom. The SMILES string of the molecule is CS(=O)(=O)c1ccc(-c2ccccc2)c(C(=O)N2CCN(c3cc(F)c(O)c(F)c3)CC2)c1. The van der Waals surface area contributed by atoms with E-state index in [4.69, 9.17) is 0 Å². The van der Waals surface area contributed by atoms with Gasteiger partial charge >= 0.3 is 0 Å². The molecule has 1 aliphatic rings. The predicted molar refractivity (Wildman–Crippen MR) is 121 cm³/mol. The molecule has 0 unspecified atom stereocenters. The molecule has 1 fully saturated rings. The van der Waals surface area contributed by atoms with Crippen molar-refractivity contribution in [2.24, 2.45) is 0 Å². The van der Waals surface area contributed by atoms with E-state index >= 15 is 0 Å². The van der Waals surface area contributed by atoms with E-state index in [0.717, 1.165) is 24.0 Å². The summed E-state index contributed by atoms with van der Waals surface area (Å²) in [4.78, 5) is 16.8. The number of carbonyl (C=O) groups excluding carboxylic acids is 1. The number of benzene rings is 3. The summed E-state index contributed by atoms with van der Waals surface area (Å²) in [6.45, 7) is 1.20. The molecule has 1 amide bonds. The number of carbonyl (C=O) groups is 1. The standard InChI is InChI=1S/C24H22F2N2O4S/c1-33(31,32)18-7-8-19(16-5-3-2-4-6-16)20(15-18)24(30)28-11-9-27(10-12-28)17-13-21(25)23(29)22(26)14-17/h2-8,13-15,29H,9-12H2,1H3. The fourth-order valence-electron chi connectivity index (χ4n) is 3.87. The number of sulfone groups is 1. The first kappa shape index (κ1) is 22.7. The second-order valence-corrected chi connectivity index (χ2v) is 9.90. The average Bonchev–Trinajstić information content (AvgIpc) is 2.81. The average molecular weight is 473 g/mol. The number of hydrogen-bond acceptors (Lipinski definition) is 5. The molecular formula is C24H22F2N2O4S. The highest BCUT2D eigenvalue weighted by molar-refractivity contribution is 7.90. The van der Waals surface area contributed by atoms with Crippen molar-refractivity contribution in [1.29, 1.82) is 0 Å². The van der Waals surface area contributed by atoms with E-state index in [-0.39, 0.29) is 35.1 Å². The van der Waals surface area contributed by atoms with Gasteiger partial charge in [0.1, 0.15) is 0 Å². The molecule has 3 aromatic carbocycles. The molecule has 0 radical (unpaired) electrons. The number of amides is 1. The summed E-state index contributed by atoms with van der Waals surface area (Å²) >= 11 is 0. The van der Waals surface area contributed by atoms with Crippen LogP contribution in [-0.4, -0.2) is 56.8 Å². The van der Waals surface area contributed by atoms with Crippen LogP contribution < -0.4 is 4.90 Å². The molecule has 9 heteroatoms. The number of rotatable bonds is 4. The smallest absolute Gasteiger partial charge is 0.254 e. The molecule has 172 valence electrons. The van der Waals surface area contributed by atoms with Gasteiger partial charge in [-0.2, -0.15) is 0 Å². The van der Waals surface area contributed by atoms with Crippen LogP contribution in [0, 0.1) is 11.6 Å². The Morgan fingerprint density at radius 2 is 1.52 bits per heavy atom. The minimum absolute atomic E-state index is 0.0548. The third-order valence-corrected chi connectivity index (χ3v) is 6.78. The maximum Gasteiger partial charge on any atom is 0.254 e. The number of piperazine rings is 1. The van der Waals surface area contributed by atoms with Gasteiger partial charge in [0.2, 0.25) is 0 Å². The van der Waals surface area contributed by atoms with Crippen LogP contribution in [-0.2, 0) is 9.84 Å². The van der Waals surface area contributed by atoms with Gasteiger partial charge in [0.15, 0.2) is 27.2 Å². The Labute approximate surface area is 190 Å². The zero-order chi connectivity index (χ0) is 23.8. The van der Waals surface area contributed by atoms with Gasteiger partial charge in [0.25, 0.3) is 5.91 Å².